The molecule has 146 valence electrons. The number of nitrogens with zero attached hydrogens (tertiary/aromatic N) is 2. The lowest BCUT2D eigenvalue weighted by Crippen LogP contribution is -2.38. The highest BCUT2D eigenvalue weighted by molar-refractivity contribution is 14.0. The van der Waals surface area contributed by atoms with Gasteiger partial charge in [0.05, 0.1) is 6.61 Å². The molecule has 1 aromatic carbocycles. The Balaban J connectivity index is 0.00000261. The zero-order valence-corrected chi connectivity index (χ0v) is 18.4. The van der Waals surface area contributed by atoms with Gasteiger partial charge in [0.2, 0.25) is 5.88 Å². The van der Waals surface area contributed by atoms with Gasteiger partial charge in [-0.1, -0.05) is 37.3 Å². The summed E-state index contributed by atoms with van der Waals surface area (Å²) in [5.41, 5.74) is 2.45. The van der Waals surface area contributed by atoms with E-state index in [2.05, 4.69) is 51.8 Å². The first-order chi connectivity index (χ1) is 12.7. The van der Waals surface area contributed by atoms with Crippen LogP contribution in [0.5, 0.6) is 5.88 Å². The van der Waals surface area contributed by atoms with Crippen LogP contribution in [0.1, 0.15) is 36.8 Å². The molecule has 5 nitrogen and oxygen atoms in total. The fraction of sp³-hybridized carbons (Fsp3) is 0.429. The molecular formula is C21H29IN4O. The van der Waals surface area contributed by atoms with Crippen LogP contribution in [0.4, 0.5) is 0 Å². The van der Waals surface area contributed by atoms with Crippen LogP contribution in [0.2, 0.25) is 0 Å². The number of pyridine rings is 1. The molecule has 0 bridgehead atoms. The number of aromatic nitrogens is 1. The maximum absolute atomic E-state index is 5.75. The fourth-order valence-electron chi connectivity index (χ4n) is 2.68. The van der Waals surface area contributed by atoms with Gasteiger partial charge < -0.3 is 15.4 Å². The molecule has 0 spiro atoms. The summed E-state index contributed by atoms with van der Waals surface area (Å²) >= 11 is 0. The van der Waals surface area contributed by atoms with E-state index in [9.17, 15) is 0 Å². The molecule has 2 aromatic rings. The third-order valence-corrected chi connectivity index (χ3v) is 4.59. The van der Waals surface area contributed by atoms with Crippen molar-refractivity contribution < 1.29 is 4.74 Å². The predicted octanol–water partition coefficient (Wildman–Crippen LogP) is 3.96. The van der Waals surface area contributed by atoms with Gasteiger partial charge >= 0.3 is 0 Å². The lowest BCUT2D eigenvalue weighted by Gasteiger charge is -2.16. The van der Waals surface area contributed by atoms with Gasteiger partial charge in [-0.15, -0.1) is 24.0 Å². The molecule has 1 unspecified atom stereocenters. The molecule has 1 aliphatic rings. The molecular weight excluding hydrogens is 451 g/mol. The minimum Gasteiger partial charge on any atom is -0.477 e. The van der Waals surface area contributed by atoms with Gasteiger partial charge in [-0.25, -0.2) is 4.98 Å². The molecule has 0 aliphatic heterocycles. The van der Waals surface area contributed by atoms with Crippen molar-refractivity contribution in [3.8, 4) is 5.88 Å². The summed E-state index contributed by atoms with van der Waals surface area (Å²) in [7, 11) is 1.79. The number of rotatable bonds is 8. The second-order valence-electron chi connectivity index (χ2n) is 6.88. The Morgan fingerprint density at radius 3 is 2.70 bits per heavy atom. The highest BCUT2D eigenvalue weighted by atomic mass is 127. The monoisotopic (exact) mass is 480 g/mol. The Morgan fingerprint density at radius 1 is 1.22 bits per heavy atom. The zero-order chi connectivity index (χ0) is 18.2. The quantitative estimate of drug-likeness (QED) is 0.341. The fourth-order valence-corrected chi connectivity index (χ4v) is 2.68. The third-order valence-electron chi connectivity index (χ3n) is 4.59. The minimum absolute atomic E-state index is 0. The van der Waals surface area contributed by atoms with E-state index in [1.807, 2.05) is 18.2 Å². The Labute approximate surface area is 179 Å². The van der Waals surface area contributed by atoms with E-state index in [-0.39, 0.29) is 24.0 Å². The van der Waals surface area contributed by atoms with Crippen LogP contribution in [-0.4, -0.2) is 31.1 Å². The summed E-state index contributed by atoms with van der Waals surface area (Å²) in [6, 6.07) is 14.5. The van der Waals surface area contributed by atoms with Gasteiger partial charge in [0.1, 0.15) is 0 Å². The summed E-state index contributed by atoms with van der Waals surface area (Å²) in [5, 5.41) is 6.75. The maximum atomic E-state index is 5.75. The molecule has 2 N–H and O–H groups in total. The molecule has 3 rings (SSSR count). The molecule has 27 heavy (non-hydrogen) atoms. The Morgan fingerprint density at radius 2 is 2.00 bits per heavy atom. The Kier molecular flexibility index (Phi) is 8.84. The predicted molar refractivity (Wildman–Crippen MR) is 121 cm³/mol. The largest absolute Gasteiger partial charge is 0.477 e. The minimum atomic E-state index is 0. The second-order valence-corrected chi connectivity index (χ2v) is 6.88. The number of aliphatic imine (C=N–C) groups is 1. The first kappa shape index (κ1) is 21.5. The topological polar surface area (TPSA) is 58.5 Å². The molecule has 0 radical (unpaired) electrons. The molecule has 0 saturated heterocycles. The third kappa shape index (κ3) is 7.36. The highest BCUT2D eigenvalue weighted by Crippen LogP contribution is 2.29. The number of guanidine groups is 1. The number of benzene rings is 1. The number of hydrogen-bond donors (Lipinski definition) is 2. The van der Waals surface area contributed by atoms with Crippen LogP contribution in [0.15, 0.2) is 53.7 Å². The average Bonchev–Trinajstić information content (AvgIpc) is 3.52. The van der Waals surface area contributed by atoms with E-state index in [1.54, 1.807) is 13.2 Å². The van der Waals surface area contributed by atoms with Crippen molar-refractivity contribution in [3.05, 3.63) is 59.8 Å². The SMILES string of the molecule is CN=C(NCc1ccnc(OCC2CC2)c1)NCC(C)c1ccccc1.I. The first-order valence-corrected chi connectivity index (χ1v) is 9.32. The van der Waals surface area contributed by atoms with Gasteiger partial charge in [0.25, 0.3) is 0 Å². The molecule has 1 aliphatic carbocycles. The normalized spacial score (nSPS) is 14.8. The Bertz CT molecular complexity index is 719. The lowest BCUT2D eigenvalue weighted by atomic mass is 10.0. The second kappa shape index (κ2) is 11.1. The Hall–Kier alpha value is -1.83. The van der Waals surface area contributed by atoms with E-state index in [1.165, 1.54) is 18.4 Å². The smallest absolute Gasteiger partial charge is 0.213 e. The molecule has 1 saturated carbocycles. The van der Waals surface area contributed by atoms with E-state index in [0.717, 1.165) is 30.6 Å². The van der Waals surface area contributed by atoms with Crippen molar-refractivity contribution in [2.45, 2.75) is 32.2 Å². The molecule has 6 heteroatoms. The van der Waals surface area contributed by atoms with Crippen molar-refractivity contribution in [1.82, 2.24) is 15.6 Å². The van der Waals surface area contributed by atoms with Crippen LogP contribution in [-0.2, 0) is 6.54 Å². The molecule has 1 atom stereocenters. The van der Waals surface area contributed by atoms with Gasteiger partial charge in [0, 0.05) is 32.4 Å². The summed E-state index contributed by atoms with van der Waals surface area (Å²) in [5.74, 6) is 2.65. The van der Waals surface area contributed by atoms with E-state index in [0.29, 0.717) is 18.3 Å². The van der Waals surface area contributed by atoms with Crippen LogP contribution in [0, 0.1) is 5.92 Å². The van der Waals surface area contributed by atoms with Crippen molar-refractivity contribution in [3.63, 3.8) is 0 Å². The number of halogens is 1. The van der Waals surface area contributed by atoms with Crippen LogP contribution < -0.4 is 15.4 Å². The van der Waals surface area contributed by atoms with Crippen molar-refractivity contribution in [2.75, 3.05) is 20.2 Å². The summed E-state index contributed by atoms with van der Waals surface area (Å²) in [6.07, 6.45) is 4.36. The van der Waals surface area contributed by atoms with Gasteiger partial charge in [-0.2, -0.15) is 0 Å². The molecule has 1 heterocycles. The van der Waals surface area contributed by atoms with Gasteiger partial charge in [-0.05, 0) is 41.9 Å². The van der Waals surface area contributed by atoms with Crippen LogP contribution >= 0.6 is 24.0 Å². The van der Waals surface area contributed by atoms with Gasteiger partial charge in [-0.3, -0.25) is 4.99 Å². The molecule has 1 fully saturated rings. The lowest BCUT2D eigenvalue weighted by molar-refractivity contribution is 0.288. The summed E-state index contributed by atoms with van der Waals surface area (Å²) < 4.78 is 5.75. The first-order valence-electron chi connectivity index (χ1n) is 9.32. The molecule has 0 amide bonds. The number of ether oxygens (including phenoxy) is 1. The number of hydrogen-bond acceptors (Lipinski definition) is 3. The maximum Gasteiger partial charge on any atom is 0.213 e. The standard InChI is InChI=1S/C21H28N4O.HI/c1-16(19-6-4-3-5-7-19)13-24-21(22-2)25-14-18-10-11-23-20(12-18)26-15-17-8-9-17;/h3-7,10-12,16-17H,8-9,13-15H2,1-2H3,(H2,22,24,25);1H. The van der Waals surface area contributed by atoms with Crippen molar-refractivity contribution >= 4 is 29.9 Å². The summed E-state index contributed by atoms with van der Waals surface area (Å²) in [6.45, 7) is 4.50. The van der Waals surface area contributed by atoms with E-state index < -0.39 is 0 Å². The van der Waals surface area contributed by atoms with E-state index >= 15 is 0 Å². The van der Waals surface area contributed by atoms with Gasteiger partial charge in [0.15, 0.2) is 5.96 Å². The highest BCUT2D eigenvalue weighted by Gasteiger charge is 2.22. The van der Waals surface area contributed by atoms with Crippen LogP contribution in [0.25, 0.3) is 0 Å². The average molecular weight is 480 g/mol. The molecule has 1 aromatic heterocycles. The van der Waals surface area contributed by atoms with Crippen molar-refractivity contribution in [1.29, 1.82) is 0 Å². The summed E-state index contributed by atoms with van der Waals surface area (Å²) in [4.78, 5) is 8.59. The van der Waals surface area contributed by atoms with E-state index in [4.69, 9.17) is 4.74 Å². The zero-order valence-electron chi connectivity index (χ0n) is 16.0. The van der Waals surface area contributed by atoms with Crippen LogP contribution in [0.3, 0.4) is 0 Å². The van der Waals surface area contributed by atoms with Crippen molar-refractivity contribution in [2.24, 2.45) is 10.9 Å². The number of nitrogens with one attached hydrogen (secondary N) is 2.